The predicted molar refractivity (Wildman–Crippen MR) is 79.4 cm³/mol. The van der Waals surface area contributed by atoms with Crippen molar-refractivity contribution in [1.82, 2.24) is 15.1 Å². The molecule has 0 amide bonds. The molecule has 0 bridgehead atoms. The second-order valence-electron chi connectivity index (χ2n) is 6.07. The van der Waals surface area contributed by atoms with Crippen LogP contribution in [0.25, 0.3) is 0 Å². The third-order valence-corrected chi connectivity index (χ3v) is 4.60. The molecule has 0 aromatic carbocycles. The molecule has 2 heterocycles. The van der Waals surface area contributed by atoms with Crippen LogP contribution in [0.1, 0.15) is 39.0 Å². The zero-order valence-corrected chi connectivity index (χ0v) is 12.5. The normalized spacial score (nSPS) is 27.8. The molecule has 2 aliphatic heterocycles. The maximum atomic E-state index is 9.13. The molecule has 0 aromatic heterocycles. The van der Waals surface area contributed by atoms with Crippen molar-refractivity contribution in [2.75, 3.05) is 45.9 Å². The van der Waals surface area contributed by atoms with Crippen LogP contribution in [0.3, 0.4) is 0 Å². The van der Waals surface area contributed by atoms with Gasteiger partial charge in [0.15, 0.2) is 0 Å². The Bertz CT molecular complexity index is 238. The first kappa shape index (κ1) is 15.2. The first-order chi connectivity index (χ1) is 9.33. The molecule has 0 aromatic rings. The molecule has 4 nitrogen and oxygen atoms in total. The highest BCUT2D eigenvalue weighted by Crippen LogP contribution is 2.20. The van der Waals surface area contributed by atoms with Crippen LogP contribution >= 0.6 is 0 Å². The summed E-state index contributed by atoms with van der Waals surface area (Å²) in [6.45, 7) is 9.61. The Morgan fingerprint density at radius 2 is 2.00 bits per heavy atom. The second kappa shape index (κ2) is 8.20. The third-order valence-electron chi connectivity index (χ3n) is 4.60. The van der Waals surface area contributed by atoms with Gasteiger partial charge in [-0.2, -0.15) is 0 Å². The SMILES string of the molecule is CCNC(CCO)CN1CCC(N2CCCCC2)C1. The fourth-order valence-corrected chi connectivity index (χ4v) is 3.57. The summed E-state index contributed by atoms with van der Waals surface area (Å²) >= 11 is 0. The number of likely N-dealkylation sites (N-methyl/N-ethyl adjacent to an activating group) is 1. The van der Waals surface area contributed by atoms with Gasteiger partial charge in [-0.3, -0.25) is 4.90 Å². The minimum Gasteiger partial charge on any atom is -0.396 e. The summed E-state index contributed by atoms with van der Waals surface area (Å²) in [5, 5.41) is 12.6. The molecule has 4 heteroatoms. The van der Waals surface area contributed by atoms with E-state index in [1.807, 2.05) is 0 Å². The van der Waals surface area contributed by atoms with Gasteiger partial charge in [0.1, 0.15) is 0 Å². The van der Waals surface area contributed by atoms with Crippen molar-refractivity contribution in [2.45, 2.75) is 51.1 Å². The standard InChI is InChI=1S/C15H31N3O/c1-2-16-14(7-11-19)12-17-10-6-15(13-17)18-8-4-3-5-9-18/h14-16,19H,2-13H2,1H3. The van der Waals surface area contributed by atoms with Crippen LogP contribution in [0.15, 0.2) is 0 Å². The van der Waals surface area contributed by atoms with Gasteiger partial charge in [-0.25, -0.2) is 0 Å². The van der Waals surface area contributed by atoms with Gasteiger partial charge in [0, 0.05) is 31.8 Å². The number of nitrogens with one attached hydrogen (secondary N) is 1. The van der Waals surface area contributed by atoms with E-state index in [0.29, 0.717) is 12.6 Å². The third kappa shape index (κ3) is 4.71. The van der Waals surface area contributed by atoms with Crippen molar-refractivity contribution >= 4 is 0 Å². The molecule has 2 atom stereocenters. The van der Waals surface area contributed by atoms with Crippen LogP contribution in [-0.4, -0.2) is 72.9 Å². The van der Waals surface area contributed by atoms with Crippen molar-refractivity contribution in [2.24, 2.45) is 0 Å². The van der Waals surface area contributed by atoms with Crippen LogP contribution in [0, 0.1) is 0 Å². The average molecular weight is 269 g/mol. The molecule has 2 N–H and O–H groups in total. The average Bonchev–Trinajstić information content (AvgIpc) is 2.89. The molecule has 2 aliphatic rings. The fourth-order valence-electron chi connectivity index (χ4n) is 3.57. The van der Waals surface area contributed by atoms with Gasteiger partial charge < -0.3 is 15.3 Å². The Hall–Kier alpha value is -0.160. The Morgan fingerprint density at radius 3 is 2.68 bits per heavy atom. The number of piperidine rings is 1. The van der Waals surface area contributed by atoms with Crippen LogP contribution in [0.2, 0.25) is 0 Å². The van der Waals surface area contributed by atoms with E-state index in [4.69, 9.17) is 5.11 Å². The van der Waals surface area contributed by atoms with Crippen molar-refractivity contribution in [3.05, 3.63) is 0 Å². The summed E-state index contributed by atoms with van der Waals surface area (Å²) in [5.74, 6) is 0. The number of hydrogen-bond donors (Lipinski definition) is 2. The van der Waals surface area contributed by atoms with Gasteiger partial charge in [0.25, 0.3) is 0 Å². The number of likely N-dealkylation sites (tertiary alicyclic amines) is 2. The molecular weight excluding hydrogens is 238 g/mol. The van der Waals surface area contributed by atoms with Gasteiger partial charge >= 0.3 is 0 Å². The van der Waals surface area contributed by atoms with Gasteiger partial charge in [-0.05, 0) is 51.9 Å². The summed E-state index contributed by atoms with van der Waals surface area (Å²) in [6.07, 6.45) is 6.41. The van der Waals surface area contributed by atoms with E-state index in [1.165, 1.54) is 51.9 Å². The topological polar surface area (TPSA) is 38.7 Å². The van der Waals surface area contributed by atoms with Crippen LogP contribution in [0.5, 0.6) is 0 Å². The lowest BCUT2D eigenvalue weighted by molar-refractivity contribution is 0.158. The number of nitrogens with zero attached hydrogens (tertiary/aromatic N) is 2. The minimum absolute atomic E-state index is 0.293. The number of aliphatic hydroxyl groups is 1. The number of hydrogen-bond acceptors (Lipinski definition) is 4. The highest BCUT2D eigenvalue weighted by Gasteiger charge is 2.29. The smallest absolute Gasteiger partial charge is 0.0446 e. The van der Waals surface area contributed by atoms with Crippen LogP contribution < -0.4 is 5.32 Å². The molecule has 0 aliphatic carbocycles. The van der Waals surface area contributed by atoms with Crippen LogP contribution in [0.4, 0.5) is 0 Å². The van der Waals surface area contributed by atoms with Gasteiger partial charge in [-0.1, -0.05) is 13.3 Å². The van der Waals surface area contributed by atoms with Crippen molar-refractivity contribution in [3.8, 4) is 0 Å². The van der Waals surface area contributed by atoms with E-state index in [1.54, 1.807) is 0 Å². The largest absolute Gasteiger partial charge is 0.396 e. The Morgan fingerprint density at radius 1 is 1.21 bits per heavy atom. The Labute approximate surface area is 118 Å². The van der Waals surface area contributed by atoms with E-state index in [0.717, 1.165) is 25.6 Å². The summed E-state index contributed by atoms with van der Waals surface area (Å²) in [7, 11) is 0. The highest BCUT2D eigenvalue weighted by molar-refractivity contribution is 4.86. The van der Waals surface area contributed by atoms with Gasteiger partial charge in [0.05, 0.1) is 0 Å². The fraction of sp³-hybridized carbons (Fsp3) is 1.00. The van der Waals surface area contributed by atoms with Crippen molar-refractivity contribution in [3.63, 3.8) is 0 Å². The molecule has 2 fully saturated rings. The predicted octanol–water partition coefficient (Wildman–Crippen LogP) is 0.907. The highest BCUT2D eigenvalue weighted by atomic mass is 16.3. The monoisotopic (exact) mass is 269 g/mol. The number of rotatable bonds is 7. The van der Waals surface area contributed by atoms with E-state index >= 15 is 0 Å². The molecule has 19 heavy (non-hydrogen) atoms. The Kier molecular flexibility index (Phi) is 6.57. The van der Waals surface area contributed by atoms with E-state index in [2.05, 4.69) is 22.0 Å². The lowest BCUT2D eigenvalue weighted by Gasteiger charge is -2.32. The molecule has 2 rings (SSSR count). The first-order valence-electron chi connectivity index (χ1n) is 8.14. The lowest BCUT2D eigenvalue weighted by Crippen LogP contribution is -2.44. The quantitative estimate of drug-likeness (QED) is 0.720. The molecule has 2 saturated heterocycles. The van der Waals surface area contributed by atoms with Crippen molar-refractivity contribution in [1.29, 1.82) is 0 Å². The molecule has 112 valence electrons. The summed E-state index contributed by atoms with van der Waals surface area (Å²) in [5.41, 5.74) is 0. The molecule has 0 saturated carbocycles. The molecule has 0 radical (unpaired) electrons. The number of aliphatic hydroxyl groups excluding tert-OH is 1. The molecule has 2 unspecified atom stereocenters. The van der Waals surface area contributed by atoms with Crippen LogP contribution in [-0.2, 0) is 0 Å². The Balaban J connectivity index is 1.73. The second-order valence-corrected chi connectivity index (χ2v) is 6.07. The zero-order chi connectivity index (χ0) is 13.5. The maximum Gasteiger partial charge on any atom is 0.0446 e. The van der Waals surface area contributed by atoms with E-state index < -0.39 is 0 Å². The van der Waals surface area contributed by atoms with Gasteiger partial charge in [0.2, 0.25) is 0 Å². The maximum absolute atomic E-state index is 9.13. The van der Waals surface area contributed by atoms with E-state index in [9.17, 15) is 0 Å². The van der Waals surface area contributed by atoms with Gasteiger partial charge in [-0.15, -0.1) is 0 Å². The molecule has 0 spiro atoms. The summed E-state index contributed by atoms with van der Waals surface area (Å²) < 4.78 is 0. The summed E-state index contributed by atoms with van der Waals surface area (Å²) in [6, 6.07) is 1.24. The minimum atomic E-state index is 0.293. The zero-order valence-electron chi connectivity index (χ0n) is 12.5. The van der Waals surface area contributed by atoms with Crippen molar-refractivity contribution < 1.29 is 5.11 Å². The molecular formula is C15H31N3O. The summed E-state index contributed by atoms with van der Waals surface area (Å²) in [4.78, 5) is 5.29. The first-order valence-corrected chi connectivity index (χ1v) is 8.14. The lowest BCUT2D eigenvalue weighted by atomic mass is 10.1. The van der Waals surface area contributed by atoms with E-state index in [-0.39, 0.29) is 0 Å².